The summed E-state index contributed by atoms with van der Waals surface area (Å²) >= 11 is 0. The van der Waals surface area contributed by atoms with Crippen LogP contribution in [-0.4, -0.2) is 58.1 Å². The Bertz CT molecular complexity index is 476. The molecule has 0 bridgehead atoms. The Balaban J connectivity index is 1.54. The van der Waals surface area contributed by atoms with E-state index in [1.54, 1.807) is 0 Å². The van der Waals surface area contributed by atoms with Gasteiger partial charge < -0.3 is 24.8 Å². The molecular formula is C19H31N3O3. The second kappa shape index (κ2) is 12.6. The molecule has 2 N–H and O–H groups in total. The minimum Gasteiger partial charge on any atom is -0.492 e. The van der Waals surface area contributed by atoms with Crippen molar-refractivity contribution < 1.29 is 14.2 Å². The van der Waals surface area contributed by atoms with Crippen LogP contribution < -0.4 is 15.4 Å². The molecule has 1 saturated heterocycles. The van der Waals surface area contributed by atoms with E-state index in [2.05, 4.69) is 22.5 Å². The maximum absolute atomic E-state index is 5.66. The van der Waals surface area contributed by atoms with Gasteiger partial charge in [0.15, 0.2) is 5.96 Å². The SMILES string of the molecule is CCNC(=NCCCOCC1CCCO1)NCCOc1ccccc1. The van der Waals surface area contributed by atoms with Crippen molar-refractivity contribution in [2.75, 3.05) is 46.1 Å². The first-order valence-corrected chi connectivity index (χ1v) is 9.28. The maximum atomic E-state index is 5.66. The summed E-state index contributed by atoms with van der Waals surface area (Å²) in [5, 5.41) is 6.52. The van der Waals surface area contributed by atoms with Gasteiger partial charge in [-0.3, -0.25) is 4.99 Å². The third-order valence-corrected chi connectivity index (χ3v) is 3.80. The first kappa shape index (κ1) is 19.5. The van der Waals surface area contributed by atoms with Crippen LogP contribution in [-0.2, 0) is 9.47 Å². The highest BCUT2D eigenvalue weighted by Gasteiger charge is 2.14. The summed E-state index contributed by atoms with van der Waals surface area (Å²) in [4.78, 5) is 4.55. The molecular weight excluding hydrogens is 318 g/mol. The van der Waals surface area contributed by atoms with Crippen molar-refractivity contribution in [3.63, 3.8) is 0 Å². The second-order valence-electron chi connectivity index (χ2n) is 5.91. The summed E-state index contributed by atoms with van der Waals surface area (Å²) in [7, 11) is 0. The Morgan fingerprint density at radius 1 is 1.24 bits per heavy atom. The minimum absolute atomic E-state index is 0.298. The van der Waals surface area contributed by atoms with Crippen LogP contribution in [0.5, 0.6) is 5.75 Å². The van der Waals surface area contributed by atoms with Gasteiger partial charge in [0.2, 0.25) is 0 Å². The highest BCUT2D eigenvalue weighted by Crippen LogP contribution is 2.11. The molecule has 0 spiro atoms. The number of aliphatic imine (C=N–C) groups is 1. The van der Waals surface area contributed by atoms with Gasteiger partial charge in [0.1, 0.15) is 12.4 Å². The third-order valence-electron chi connectivity index (χ3n) is 3.80. The summed E-state index contributed by atoms with van der Waals surface area (Å²) in [5.74, 6) is 1.70. The standard InChI is InChI=1S/C19H31N3O3/c1-2-20-19(22-12-15-25-17-8-4-3-5-9-17)21-11-7-13-23-16-18-10-6-14-24-18/h3-5,8-9,18H,2,6-7,10-16H2,1H3,(H2,20,21,22). The molecule has 0 amide bonds. The molecule has 1 aromatic carbocycles. The number of nitrogens with zero attached hydrogens (tertiary/aromatic N) is 1. The van der Waals surface area contributed by atoms with E-state index in [1.165, 1.54) is 0 Å². The fourth-order valence-corrected chi connectivity index (χ4v) is 2.54. The van der Waals surface area contributed by atoms with Crippen LogP contribution in [0.3, 0.4) is 0 Å². The average molecular weight is 349 g/mol. The molecule has 0 radical (unpaired) electrons. The molecule has 6 nitrogen and oxygen atoms in total. The summed E-state index contributed by atoms with van der Waals surface area (Å²) in [6.07, 6.45) is 3.48. The van der Waals surface area contributed by atoms with Gasteiger partial charge in [0, 0.05) is 26.3 Å². The van der Waals surface area contributed by atoms with Crippen LogP contribution >= 0.6 is 0 Å². The topological polar surface area (TPSA) is 64.1 Å². The van der Waals surface area contributed by atoms with E-state index < -0.39 is 0 Å². The van der Waals surface area contributed by atoms with E-state index in [0.717, 1.165) is 57.3 Å². The quantitative estimate of drug-likeness (QED) is 0.364. The lowest BCUT2D eigenvalue weighted by molar-refractivity contribution is 0.0171. The summed E-state index contributed by atoms with van der Waals surface area (Å²) in [6, 6.07) is 9.82. The average Bonchev–Trinajstić information content (AvgIpc) is 3.16. The lowest BCUT2D eigenvalue weighted by atomic mass is 10.2. The Hall–Kier alpha value is -1.79. The van der Waals surface area contributed by atoms with Crippen LogP contribution in [0.15, 0.2) is 35.3 Å². The monoisotopic (exact) mass is 349 g/mol. The molecule has 0 saturated carbocycles. The van der Waals surface area contributed by atoms with E-state index in [0.29, 0.717) is 25.9 Å². The number of ether oxygens (including phenoxy) is 3. The summed E-state index contributed by atoms with van der Waals surface area (Å²) in [6.45, 7) is 7.24. The number of rotatable bonds is 11. The van der Waals surface area contributed by atoms with Crippen LogP contribution in [0.2, 0.25) is 0 Å². The second-order valence-corrected chi connectivity index (χ2v) is 5.91. The van der Waals surface area contributed by atoms with E-state index in [4.69, 9.17) is 14.2 Å². The molecule has 2 rings (SSSR count). The van der Waals surface area contributed by atoms with Crippen LogP contribution in [0.4, 0.5) is 0 Å². The number of hydrogen-bond acceptors (Lipinski definition) is 4. The van der Waals surface area contributed by atoms with Gasteiger partial charge in [-0.25, -0.2) is 0 Å². The summed E-state index contributed by atoms with van der Waals surface area (Å²) < 4.78 is 16.8. The van der Waals surface area contributed by atoms with E-state index >= 15 is 0 Å². The van der Waals surface area contributed by atoms with Crippen molar-refractivity contribution >= 4 is 5.96 Å². The molecule has 1 aliphatic heterocycles. The normalized spacial score (nSPS) is 17.5. The zero-order valence-electron chi connectivity index (χ0n) is 15.2. The number of hydrogen-bond donors (Lipinski definition) is 2. The molecule has 1 aliphatic rings. The van der Waals surface area contributed by atoms with Crippen LogP contribution in [0.25, 0.3) is 0 Å². The number of benzene rings is 1. The Labute approximate surface area is 151 Å². The largest absolute Gasteiger partial charge is 0.492 e. The van der Waals surface area contributed by atoms with Gasteiger partial charge >= 0.3 is 0 Å². The molecule has 1 unspecified atom stereocenters. The fraction of sp³-hybridized carbons (Fsp3) is 0.632. The Morgan fingerprint density at radius 3 is 2.88 bits per heavy atom. The first-order chi connectivity index (χ1) is 12.4. The minimum atomic E-state index is 0.298. The van der Waals surface area contributed by atoms with Crippen molar-refractivity contribution in [1.29, 1.82) is 0 Å². The third kappa shape index (κ3) is 8.74. The van der Waals surface area contributed by atoms with E-state index in [-0.39, 0.29) is 0 Å². The van der Waals surface area contributed by atoms with Crippen LogP contribution in [0, 0.1) is 0 Å². The van der Waals surface area contributed by atoms with Crippen molar-refractivity contribution in [3.05, 3.63) is 30.3 Å². The molecule has 1 heterocycles. The van der Waals surface area contributed by atoms with Crippen molar-refractivity contribution in [3.8, 4) is 5.75 Å². The molecule has 0 aliphatic carbocycles. The molecule has 1 atom stereocenters. The zero-order chi connectivity index (χ0) is 17.6. The van der Waals surface area contributed by atoms with Gasteiger partial charge in [-0.15, -0.1) is 0 Å². The predicted molar refractivity (Wildman–Crippen MR) is 100 cm³/mol. The first-order valence-electron chi connectivity index (χ1n) is 9.28. The zero-order valence-corrected chi connectivity index (χ0v) is 15.2. The molecule has 6 heteroatoms. The molecule has 0 aromatic heterocycles. The van der Waals surface area contributed by atoms with Crippen molar-refractivity contribution in [2.24, 2.45) is 4.99 Å². The molecule has 140 valence electrons. The number of nitrogens with one attached hydrogen (secondary N) is 2. The van der Waals surface area contributed by atoms with Gasteiger partial charge in [0.25, 0.3) is 0 Å². The number of guanidine groups is 1. The maximum Gasteiger partial charge on any atom is 0.191 e. The lowest BCUT2D eigenvalue weighted by Crippen LogP contribution is -2.39. The molecule has 25 heavy (non-hydrogen) atoms. The Kier molecular flexibility index (Phi) is 9.81. The highest BCUT2D eigenvalue weighted by molar-refractivity contribution is 5.79. The molecule has 1 fully saturated rings. The van der Waals surface area contributed by atoms with Crippen LogP contribution in [0.1, 0.15) is 26.2 Å². The van der Waals surface area contributed by atoms with Gasteiger partial charge in [-0.1, -0.05) is 18.2 Å². The Morgan fingerprint density at radius 2 is 2.12 bits per heavy atom. The summed E-state index contributed by atoms with van der Waals surface area (Å²) in [5.41, 5.74) is 0. The predicted octanol–water partition coefficient (Wildman–Crippen LogP) is 2.21. The van der Waals surface area contributed by atoms with Gasteiger partial charge in [-0.2, -0.15) is 0 Å². The van der Waals surface area contributed by atoms with Crippen molar-refractivity contribution in [1.82, 2.24) is 10.6 Å². The molecule has 1 aromatic rings. The highest BCUT2D eigenvalue weighted by atomic mass is 16.5. The number of para-hydroxylation sites is 1. The fourth-order valence-electron chi connectivity index (χ4n) is 2.54. The van der Waals surface area contributed by atoms with Crippen molar-refractivity contribution in [2.45, 2.75) is 32.3 Å². The van der Waals surface area contributed by atoms with E-state index in [9.17, 15) is 0 Å². The van der Waals surface area contributed by atoms with E-state index in [1.807, 2.05) is 30.3 Å². The lowest BCUT2D eigenvalue weighted by Gasteiger charge is -2.12. The van der Waals surface area contributed by atoms with Gasteiger partial charge in [0.05, 0.1) is 19.3 Å². The van der Waals surface area contributed by atoms with Gasteiger partial charge in [-0.05, 0) is 38.3 Å². The smallest absolute Gasteiger partial charge is 0.191 e.